The molecular weight excluding hydrogens is 249 g/mol. The molecule has 0 aliphatic carbocycles. The van der Waals surface area contributed by atoms with Gasteiger partial charge in [-0.05, 0) is 23.8 Å². The maximum Gasteiger partial charge on any atom is 0.226 e. The quantitative estimate of drug-likeness (QED) is 0.750. The van der Waals surface area contributed by atoms with Crippen molar-refractivity contribution in [1.82, 2.24) is 15.5 Å². The van der Waals surface area contributed by atoms with E-state index >= 15 is 0 Å². The number of carbonyl (C=O) groups excluding carboxylic acids is 1. The van der Waals surface area contributed by atoms with Crippen molar-refractivity contribution in [2.75, 3.05) is 0 Å². The van der Waals surface area contributed by atoms with Gasteiger partial charge in [-0.2, -0.15) is 5.10 Å². The molecule has 100 valence electrons. The predicted molar refractivity (Wildman–Crippen MR) is 66.5 cm³/mol. The van der Waals surface area contributed by atoms with E-state index in [1.54, 1.807) is 18.3 Å². The van der Waals surface area contributed by atoms with Crippen LogP contribution in [-0.4, -0.2) is 21.2 Å². The number of carbonyl (C=O) groups is 1. The summed E-state index contributed by atoms with van der Waals surface area (Å²) in [4.78, 5) is 11.6. The first-order valence-corrected chi connectivity index (χ1v) is 5.82. The molecular formula is C13H14FN3O2. The van der Waals surface area contributed by atoms with Crippen molar-refractivity contribution < 1.29 is 14.3 Å². The van der Waals surface area contributed by atoms with E-state index in [4.69, 9.17) is 5.11 Å². The van der Waals surface area contributed by atoms with Crippen LogP contribution in [-0.2, 0) is 24.4 Å². The minimum absolute atomic E-state index is 0.154. The van der Waals surface area contributed by atoms with Crippen LogP contribution < -0.4 is 5.32 Å². The molecule has 19 heavy (non-hydrogen) atoms. The predicted octanol–water partition coefficient (Wildman–Crippen LogP) is 0.900. The first-order chi connectivity index (χ1) is 9.19. The van der Waals surface area contributed by atoms with Gasteiger partial charge in [-0.3, -0.25) is 9.89 Å². The standard InChI is InChI=1S/C13H14FN3O2/c14-12-2-1-9(5-10(12)8-18)7-15-13(19)6-11-3-4-16-17-11/h1-5,18H,6-8H2,(H,15,19)(H,16,17). The van der Waals surface area contributed by atoms with E-state index in [1.807, 2.05) is 0 Å². The molecule has 0 unspecified atom stereocenters. The third-order valence-corrected chi connectivity index (χ3v) is 2.68. The Morgan fingerprint density at radius 2 is 2.26 bits per heavy atom. The van der Waals surface area contributed by atoms with E-state index in [0.29, 0.717) is 6.54 Å². The summed E-state index contributed by atoms with van der Waals surface area (Å²) >= 11 is 0. The molecule has 0 fully saturated rings. The fourth-order valence-electron chi connectivity index (χ4n) is 1.68. The van der Waals surface area contributed by atoms with Gasteiger partial charge in [0, 0.05) is 24.0 Å². The molecule has 6 heteroatoms. The summed E-state index contributed by atoms with van der Waals surface area (Å²) in [6.07, 6.45) is 1.80. The topological polar surface area (TPSA) is 78.0 Å². The molecule has 1 aromatic carbocycles. The third kappa shape index (κ3) is 3.62. The lowest BCUT2D eigenvalue weighted by molar-refractivity contribution is -0.120. The Bertz CT molecular complexity index is 555. The monoisotopic (exact) mass is 263 g/mol. The van der Waals surface area contributed by atoms with E-state index < -0.39 is 5.82 Å². The van der Waals surface area contributed by atoms with Crippen LogP contribution in [0.25, 0.3) is 0 Å². The average molecular weight is 263 g/mol. The summed E-state index contributed by atoms with van der Waals surface area (Å²) in [5.74, 6) is -0.603. The minimum Gasteiger partial charge on any atom is -0.392 e. The summed E-state index contributed by atoms with van der Waals surface area (Å²) < 4.78 is 13.2. The summed E-state index contributed by atoms with van der Waals surface area (Å²) in [6.45, 7) is -0.0674. The number of nitrogens with one attached hydrogen (secondary N) is 2. The average Bonchev–Trinajstić information content (AvgIpc) is 2.90. The zero-order valence-corrected chi connectivity index (χ0v) is 10.2. The Labute approximate surface area is 109 Å². The van der Waals surface area contributed by atoms with Crippen molar-refractivity contribution in [2.24, 2.45) is 0 Å². The Hall–Kier alpha value is -2.21. The Morgan fingerprint density at radius 1 is 1.42 bits per heavy atom. The summed E-state index contributed by atoms with van der Waals surface area (Å²) in [5.41, 5.74) is 1.69. The van der Waals surface area contributed by atoms with Crippen LogP contribution in [0, 0.1) is 5.82 Å². The number of aliphatic hydroxyl groups excluding tert-OH is 1. The van der Waals surface area contributed by atoms with Gasteiger partial charge in [-0.25, -0.2) is 4.39 Å². The van der Waals surface area contributed by atoms with Crippen molar-refractivity contribution in [3.63, 3.8) is 0 Å². The smallest absolute Gasteiger partial charge is 0.226 e. The molecule has 0 atom stereocenters. The number of halogens is 1. The van der Waals surface area contributed by atoms with Crippen LogP contribution in [0.1, 0.15) is 16.8 Å². The van der Waals surface area contributed by atoms with Crippen LogP contribution >= 0.6 is 0 Å². The maximum atomic E-state index is 13.2. The highest BCUT2D eigenvalue weighted by molar-refractivity contribution is 5.78. The van der Waals surface area contributed by atoms with Gasteiger partial charge in [0.25, 0.3) is 0 Å². The van der Waals surface area contributed by atoms with Gasteiger partial charge in [0.15, 0.2) is 0 Å². The summed E-state index contributed by atoms with van der Waals surface area (Å²) in [7, 11) is 0. The first kappa shape index (κ1) is 13.2. The molecule has 0 saturated carbocycles. The Balaban J connectivity index is 1.89. The lowest BCUT2D eigenvalue weighted by atomic mass is 10.1. The number of aromatic nitrogens is 2. The van der Waals surface area contributed by atoms with Gasteiger partial charge in [0.2, 0.25) is 5.91 Å². The molecule has 0 aliphatic rings. The molecule has 5 nitrogen and oxygen atoms in total. The second-order valence-corrected chi connectivity index (χ2v) is 4.12. The number of benzene rings is 1. The molecule has 0 aliphatic heterocycles. The normalized spacial score (nSPS) is 10.4. The molecule has 0 bridgehead atoms. The van der Waals surface area contributed by atoms with E-state index in [0.717, 1.165) is 11.3 Å². The first-order valence-electron chi connectivity index (χ1n) is 5.82. The van der Waals surface area contributed by atoms with Crippen molar-refractivity contribution in [3.05, 3.63) is 53.1 Å². The van der Waals surface area contributed by atoms with Crippen molar-refractivity contribution in [2.45, 2.75) is 19.6 Å². The number of amides is 1. The highest BCUT2D eigenvalue weighted by Gasteiger charge is 2.06. The Kier molecular flexibility index (Phi) is 4.25. The van der Waals surface area contributed by atoms with Crippen molar-refractivity contribution in [3.8, 4) is 0 Å². The van der Waals surface area contributed by atoms with Crippen LogP contribution in [0.5, 0.6) is 0 Å². The molecule has 0 spiro atoms. The molecule has 0 radical (unpaired) electrons. The highest BCUT2D eigenvalue weighted by Crippen LogP contribution is 2.10. The second kappa shape index (κ2) is 6.10. The fourth-order valence-corrected chi connectivity index (χ4v) is 1.68. The van der Waals surface area contributed by atoms with Crippen molar-refractivity contribution in [1.29, 1.82) is 0 Å². The van der Waals surface area contributed by atoms with E-state index in [1.165, 1.54) is 12.1 Å². The third-order valence-electron chi connectivity index (χ3n) is 2.68. The number of hydrogen-bond donors (Lipinski definition) is 3. The van der Waals surface area contributed by atoms with Gasteiger partial charge in [0.05, 0.1) is 13.0 Å². The molecule has 2 aromatic rings. The zero-order valence-electron chi connectivity index (χ0n) is 10.2. The SMILES string of the molecule is O=C(Cc1ccn[nH]1)NCc1ccc(F)c(CO)c1. The maximum absolute atomic E-state index is 13.2. The molecule has 1 aromatic heterocycles. The minimum atomic E-state index is -0.449. The Morgan fingerprint density at radius 3 is 2.95 bits per heavy atom. The number of H-pyrrole nitrogens is 1. The number of aromatic amines is 1. The van der Waals surface area contributed by atoms with Crippen LogP contribution in [0.4, 0.5) is 4.39 Å². The zero-order chi connectivity index (χ0) is 13.7. The summed E-state index contributed by atoms with van der Waals surface area (Å²) in [5, 5.41) is 18.1. The highest BCUT2D eigenvalue weighted by atomic mass is 19.1. The second-order valence-electron chi connectivity index (χ2n) is 4.12. The van der Waals surface area contributed by atoms with Gasteiger partial charge >= 0.3 is 0 Å². The summed E-state index contributed by atoms with van der Waals surface area (Å²) in [6, 6.07) is 6.11. The molecule has 1 amide bonds. The van der Waals surface area contributed by atoms with E-state index in [9.17, 15) is 9.18 Å². The van der Waals surface area contributed by atoms with Gasteiger partial charge in [-0.1, -0.05) is 6.07 Å². The number of hydrogen-bond acceptors (Lipinski definition) is 3. The van der Waals surface area contributed by atoms with Gasteiger partial charge in [-0.15, -0.1) is 0 Å². The van der Waals surface area contributed by atoms with Gasteiger partial charge in [0.1, 0.15) is 5.82 Å². The lowest BCUT2D eigenvalue weighted by Crippen LogP contribution is -2.24. The van der Waals surface area contributed by atoms with Crippen LogP contribution in [0.3, 0.4) is 0 Å². The number of nitrogens with zero attached hydrogens (tertiary/aromatic N) is 1. The molecule has 0 saturated heterocycles. The lowest BCUT2D eigenvalue weighted by Gasteiger charge is -2.06. The molecule has 1 heterocycles. The van der Waals surface area contributed by atoms with Crippen LogP contribution in [0.15, 0.2) is 30.5 Å². The van der Waals surface area contributed by atoms with E-state index in [2.05, 4.69) is 15.5 Å². The fraction of sp³-hybridized carbons (Fsp3) is 0.231. The molecule has 2 rings (SSSR count). The number of rotatable bonds is 5. The van der Waals surface area contributed by atoms with Gasteiger partial charge < -0.3 is 10.4 Å². The number of aliphatic hydroxyl groups is 1. The van der Waals surface area contributed by atoms with E-state index in [-0.39, 0.29) is 24.5 Å². The van der Waals surface area contributed by atoms with Crippen LogP contribution in [0.2, 0.25) is 0 Å². The van der Waals surface area contributed by atoms with Crippen molar-refractivity contribution >= 4 is 5.91 Å². The molecule has 3 N–H and O–H groups in total. The largest absolute Gasteiger partial charge is 0.392 e.